The lowest BCUT2D eigenvalue weighted by Crippen LogP contribution is -2.49. The van der Waals surface area contributed by atoms with Gasteiger partial charge in [-0.15, -0.1) is 12.6 Å². The minimum Gasteiger partial charge on any atom is -0.375 e. The average Bonchev–Trinajstić information content (AvgIpc) is 2.53. The van der Waals surface area contributed by atoms with Crippen molar-refractivity contribution in [3.63, 3.8) is 0 Å². The number of likely N-dealkylation sites (tertiary alicyclic amines) is 2. The second-order valence-corrected chi connectivity index (χ2v) is 11.6. The van der Waals surface area contributed by atoms with E-state index in [-0.39, 0.29) is 4.93 Å². The summed E-state index contributed by atoms with van der Waals surface area (Å²) in [4.78, 5) is 5.01. The number of rotatable bonds is 6. The molecule has 3 aliphatic rings. The van der Waals surface area contributed by atoms with Gasteiger partial charge in [0.25, 0.3) is 0 Å². The number of nitrogens with zero attached hydrogens (tertiary/aromatic N) is 2. The fourth-order valence-electron chi connectivity index (χ4n) is 4.78. The Morgan fingerprint density at radius 3 is 1.93 bits per heavy atom. The average molecular weight is 399 g/mol. The highest BCUT2D eigenvalue weighted by Crippen LogP contribution is 2.33. The van der Waals surface area contributed by atoms with Crippen LogP contribution in [-0.4, -0.2) is 71.3 Å². The molecule has 3 rings (SSSR count). The summed E-state index contributed by atoms with van der Waals surface area (Å²) in [5.41, 5.74) is 0.328. The molecule has 3 fully saturated rings. The van der Waals surface area contributed by atoms with Crippen molar-refractivity contribution in [3.05, 3.63) is 0 Å². The molecule has 0 N–H and O–H groups in total. The van der Waals surface area contributed by atoms with E-state index in [0.29, 0.717) is 23.9 Å². The van der Waals surface area contributed by atoms with Gasteiger partial charge in [-0.1, -0.05) is 0 Å². The predicted molar refractivity (Wildman–Crippen MR) is 116 cm³/mol. The number of hydrogen-bond donors (Lipinski definition) is 1. The van der Waals surface area contributed by atoms with Crippen LogP contribution in [0.1, 0.15) is 73.1 Å². The Kier molecular flexibility index (Phi) is 7.22. The molecule has 0 aromatic rings. The standard InChI is InChI=1S/C22H42N2O2S/c1-21(2,3)24-12-6-17(7-13-24)16-23-10-8-18(9-11-23)25-19-14-20(15-19)26-22(4,5)27/h17-20,27H,6-16H2,1-5H3/t19-,20-. The molecule has 2 heterocycles. The van der Waals surface area contributed by atoms with Crippen molar-refractivity contribution in [1.82, 2.24) is 9.80 Å². The van der Waals surface area contributed by atoms with Crippen LogP contribution >= 0.6 is 12.6 Å². The molecule has 0 bridgehead atoms. The minimum absolute atomic E-state index is 0.328. The molecule has 0 aromatic carbocycles. The first-order chi connectivity index (χ1) is 12.6. The lowest BCUT2D eigenvalue weighted by molar-refractivity contribution is -0.152. The molecule has 27 heavy (non-hydrogen) atoms. The highest BCUT2D eigenvalue weighted by molar-refractivity contribution is 7.81. The topological polar surface area (TPSA) is 24.9 Å². The monoisotopic (exact) mass is 398 g/mol. The minimum atomic E-state index is -0.329. The van der Waals surface area contributed by atoms with Gasteiger partial charge in [0, 0.05) is 38.0 Å². The molecule has 0 unspecified atom stereocenters. The van der Waals surface area contributed by atoms with Gasteiger partial charge in [-0.05, 0) is 79.3 Å². The maximum atomic E-state index is 6.32. The summed E-state index contributed by atoms with van der Waals surface area (Å²) in [6.45, 7) is 17.3. The SMILES string of the molecule is CC(C)(S)O[C@H]1C[C@H](OC2CCN(CC3CCN(C(C)(C)C)CC3)CC2)C1. The number of thiol groups is 1. The molecule has 5 heteroatoms. The van der Waals surface area contributed by atoms with E-state index >= 15 is 0 Å². The van der Waals surface area contributed by atoms with E-state index < -0.39 is 0 Å². The Labute approximate surface area is 172 Å². The first-order valence-electron chi connectivity index (χ1n) is 11.1. The van der Waals surface area contributed by atoms with Crippen LogP contribution in [0.25, 0.3) is 0 Å². The van der Waals surface area contributed by atoms with E-state index in [9.17, 15) is 0 Å². The normalized spacial score (nSPS) is 30.4. The third kappa shape index (κ3) is 6.88. The fraction of sp³-hybridized carbons (Fsp3) is 1.00. The van der Waals surface area contributed by atoms with Crippen LogP contribution in [0, 0.1) is 5.92 Å². The summed E-state index contributed by atoms with van der Waals surface area (Å²) in [5, 5.41) is 0. The van der Waals surface area contributed by atoms with Crippen LogP contribution in [0.5, 0.6) is 0 Å². The largest absolute Gasteiger partial charge is 0.375 e. The van der Waals surface area contributed by atoms with E-state index in [2.05, 4.69) is 43.2 Å². The van der Waals surface area contributed by atoms with Gasteiger partial charge in [-0.25, -0.2) is 0 Å². The van der Waals surface area contributed by atoms with Crippen LogP contribution in [0.15, 0.2) is 0 Å². The van der Waals surface area contributed by atoms with E-state index in [4.69, 9.17) is 9.47 Å². The van der Waals surface area contributed by atoms with Gasteiger partial charge in [0.15, 0.2) is 0 Å². The van der Waals surface area contributed by atoms with Crippen molar-refractivity contribution in [2.45, 2.75) is 102 Å². The van der Waals surface area contributed by atoms with E-state index in [1.807, 2.05) is 13.8 Å². The van der Waals surface area contributed by atoms with Gasteiger partial charge in [-0.3, -0.25) is 4.90 Å². The molecule has 0 radical (unpaired) electrons. The van der Waals surface area contributed by atoms with Gasteiger partial charge in [-0.2, -0.15) is 0 Å². The van der Waals surface area contributed by atoms with Crippen molar-refractivity contribution in [1.29, 1.82) is 0 Å². The number of piperidine rings is 2. The second-order valence-electron chi connectivity index (χ2n) is 10.5. The van der Waals surface area contributed by atoms with E-state index in [1.165, 1.54) is 58.4 Å². The highest BCUT2D eigenvalue weighted by atomic mass is 32.1. The third-order valence-corrected chi connectivity index (χ3v) is 6.61. The quantitative estimate of drug-likeness (QED) is 0.536. The summed E-state index contributed by atoms with van der Waals surface area (Å²) in [7, 11) is 0. The summed E-state index contributed by atoms with van der Waals surface area (Å²) in [6.07, 6.45) is 8.39. The first-order valence-corrected chi connectivity index (χ1v) is 11.6. The summed E-state index contributed by atoms with van der Waals surface area (Å²) in [5.74, 6) is 0.884. The zero-order chi connectivity index (χ0) is 19.7. The summed E-state index contributed by atoms with van der Waals surface area (Å²) < 4.78 is 12.2. The molecule has 2 aliphatic heterocycles. The third-order valence-electron chi connectivity index (χ3n) is 6.51. The van der Waals surface area contributed by atoms with Crippen LogP contribution in [0.4, 0.5) is 0 Å². The zero-order valence-electron chi connectivity index (χ0n) is 18.2. The lowest BCUT2D eigenvalue weighted by atomic mass is 9.90. The Balaban J connectivity index is 1.28. The predicted octanol–water partition coefficient (Wildman–Crippen LogP) is 4.19. The van der Waals surface area contributed by atoms with Gasteiger partial charge >= 0.3 is 0 Å². The molecule has 2 saturated heterocycles. The molecule has 0 atom stereocenters. The Bertz CT molecular complexity index is 452. The van der Waals surface area contributed by atoms with Crippen molar-refractivity contribution in [2.24, 2.45) is 5.92 Å². The molecule has 0 spiro atoms. The second kappa shape index (κ2) is 8.91. The highest BCUT2D eigenvalue weighted by Gasteiger charge is 2.36. The van der Waals surface area contributed by atoms with Crippen LogP contribution in [0.2, 0.25) is 0 Å². The zero-order valence-corrected chi connectivity index (χ0v) is 19.1. The van der Waals surface area contributed by atoms with Crippen molar-refractivity contribution in [2.75, 3.05) is 32.7 Å². The number of hydrogen-bond acceptors (Lipinski definition) is 5. The molecule has 0 amide bonds. The van der Waals surface area contributed by atoms with Gasteiger partial charge in [0.2, 0.25) is 0 Å². The summed E-state index contributed by atoms with van der Waals surface area (Å²) in [6, 6.07) is 0. The maximum absolute atomic E-state index is 6.32. The van der Waals surface area contributed by atoms with E-state index in [0.717, 1.165) is 18.8 Å². The van der Waals surface area contributed by atoms with Gasteiger partial charge < -0.3 is 14.4 Å². The molecular weight excluding hydrogens is 356 g/mol. The van der Waals surface area contributed by atoms with Crippen LogP contribution in [-0.2, 0) is 9.47 Å². The molecule has 0 aromatic heterocycles. The first kappa shape index (κ1) is 21.9. The molecule has 1 saturated carbocycles. The van der Waals surface area contributed by atoms with E-state index in [1.54, 1.807) is 0 Å². The van der Waals surface area contributed by atoms with Crippen molar-refractivity contribution >= 4 is 12.6 Å². The van der Waals surface area contributed by atoms with Crippen molar-refractivity contribution in [3.8, 4) is 0 Å². The Hall–Kier alpha value is 0.190. The van der Waals surface area contributed by atoms with Gasteiger partial charge in [0.05, 0.1) is 18.3 Å². The number of ether oxygens (including phenoxy) is 2. The lowest BCUT2D eigenvalue weighted by Gasteiger charge is -2.43. The smallest absolute Gasteiger partial charge is 0.105 e. The molecular formula is C22H42N2O2S. The Morgan fingerprint density at radius 2 is 1.41 bits per heavy atom. The fourth-order valence-corrected chi connectivity index (χ4v) is 4.93. The summed E-state index contributed by atoms with van der Waals surface area (Å²) >= 11 is 4.45. The molecule has 158 valence electrons. The van der Waals surface area contributed by atoms with Crippen LogP contribution < -0.4 is 0 Å². The Morgan fingerprint density at radius 1 is 0.815 bits per heavy atom. The van der Waals surface area contributed by atoms with Crippen molar-refractivity contribution < 1.29 is 9.47 Å². The van der Waals surface area contributed by atoms with Crippen LogP contribution in [0.3, 0.4) is 0 Å². The molecule has 4 nitrogen and oxygen atoms in total. The van der Waals surface area contributed by atoms with Gasteiger partial charge in [0.1, 0.15) is 4.93 Å². The maximum Gasteiger partial charge on any atom is 0.105 e. The molecule has 1 aliphatic carbocycles.